The Balaban J connectivity index is 2.72. The van der Waals surface area contributed by atoms with E-state index in [0.29, 0.717) is 5.92 Å². The summed E-state index contributed by atoms with van der Waals surface area (Å²) in [4.78, 5) is 0. The normalized spacial score (nSPS) is 15.1. The summed E-state index contributed by atoms with van der Waals surface area (Å²) in [6, 6.07) is 8.10. The number of hydrogen-bond donors (Lipinski definition) is 2. The summed E-state index contributed by atoms with van der Waals surface area (Å²) in [6.45, 7) is 4.67. The first-order chi connectivity index (χ1) is 6.65. The highest BCUT2D eigenvalue weighted by molar-refractivity contribution is 5.26. The molecule has 0 aliphatic carbocycles. The Morgan fingerprint density at radius 1 is 1.14 bits per heavy atom. The van der Waals surface area contributed by atoms with Gasteiger partial charge in [-0.25, -0.2) is 0 Å². The maximum atomic E-state index is 9.34. The fraction of sp³-hybridized carbons (Fsp3) is 0.500. The number of aliphatic hydroxyl groups is 1. The number of rotatable bonds is 4. The standard InChI is InChI=1S/C12H19NO/c1-9(7-8-13)11-3-5-12(6-4-11)10(2)14/h3-6,9-10,14H,7-8,13H2,1-2H3. The van der Waals surface area contributed by atoms with E-state index in [1.54, 1.807) is 6.92 Å². The summed E-state index contributed by atoms with van der Waals surface area (Å²) < 4.78 is 0. The van der Waals surface area contributed by atoms with Gasteiger partial charge in [0.15, 0.2) is 0 Å². The molecule has 2 nitrogen and oxygen atoms in total. The van der Waals surface area contributed by atoms with Crippen LogP contribution in [-0.2, 0) is 0 Å². The lowest BCUT2D eigenvalue weighted by Crippen LogP contribution is -2.04. The van der Waals surface area contributed by atoms with Gasteiger partial charge in [0, 0.05) is 0 Å². The van der Waals surface area contributed by atoms with Crippen LogP contribution >= 0.6 is 0 Å². The summed E-state index contributed by atoms with van der Waals surface area (Å²) in [5, 5.41) is 9.34. The fourth-order valence-electron chi connectivity index (χ4n) is 1.52. The zero-order valence-corrected chi connectivity index (χ0v) is 8.90. The van der Waals surface area contributed by atoms with Gasteiger partial charge < -0.3 is 10.8 Å². The Morgan fingerprint density at radius 2 is 1.64 bits per heavy atom. The van der Waals surface area contributed by atoms with Crippen molar-refractivity contribution in [3.63, 3.8) is 0 Å². The molecule has 3 N–H and O–H groups in total. The van der Waals surface area contributed by atoms with Gasteiger partial charge >= 0.3 is 0 Å². The van der Waals surface area contributed by atoms with Crippen molar-refractivity contribution < 1.29 is 5.11 Å². The molecule has 14 heavy (non-hydrogen) atoms. The molecule has 0 saturated carbocycles. The van der Waals surface area contributed by atoms with Gasteiger partial charge in [-0.05, 0) is 36.9 Å². The first-order valence-electron chi connectivity index (χ1n) is 5.13. The average molecular weight is 193 g/mol. The first-order valence-corrected chi connectivity index (χ1v) is 5.13. The van der Waals surface area contributed by atoms with Crippen LogP contribution in [0.25, 0.3) is 0 Å². The number of aliphatic hydroxyl groups excluding tert-OH is 1. The quantitative estimate of drug-likeness (QED) is 0.770. The SMILES string of the molecule is CC(O)c1ccc(C(C)CCN)cc1. The van der Waals surface area contributed by atoms with Gasteiger partial charge in [0.1, 0.15) is 0 Å². The van der Waals surface area contributed by atoms with E-state index < -0.39 is 0 Å². The first kappa shape index (κ1) is 11.2. The van der Waals surface area contributed by atoms with Crippen LogP contribution in [0.2, 0.25) is 0 Å². The van der Waals surface area contributed by atoms with Crippen LogP contribution in [0.4, 0.5) is 0 Å². The number of benzene rings is 1. The van der Waals surface area contributed by atoms with Gasteiger partial charge in [0.25, 0.3) is 0 Å². The Hall–Kier alpha value is -0.860. The molecule has 1 aromatic carbocycles. The summed E-state index contributed by atoms with van der Waals surface area (Å²) in [5.74, 6) is 0.503. The molecule has 0 aliphatic rings. The van der Waals surface area contributed by atoms with Gasteiger partial charge in [0.05, 0.1) is 6.10 Å². The smallest absolute Gasteiger partial charge is 0.0761 e. The lowest BCUT2D eigenvalue weighted by Gasteiger charge is -2.11. The van der Waals surface area contributed by atoms with Gasteiger partial charge in [0.2, 0.25) is 0 Å². The molecular weight excluding hydrogens is 174 g/mol. The van der Waals surface area contributed by atoms with E-state index in [9.17, 15) is 5.11 Å². The highest BCUT2D eigenvalue weighted by atomic mass is 16.3. The Morgan fingerprint density at radius 3 is 2.07 bits per heavy atom. The van der Waals surface area contributed by atoms with Crippen LogP contribution in [0, 0.1) is 0 Å². The van der Waals surface area contributed by atoms with Crippen LogP contribution in [0.1, 0.15) is 43.4 Å². The van der Waals surface area contributed by atoms with Gasteiger partial charge in [-0.1, -0.05) is 31.2 Å². The molecule has 2 heteroatoms. The van der Waals surface area contributed by atoms with Crippen LogP contribution in [-0.4, -0.2) is 11.7 Å². The van der Waals surface area contributed by atoms with Crippen molar-refractivity contribution in [3.05, 3.63) is 35.4 Å². The minimum Gasteiger partial charge on any atom is -0.389 e. The molecule has 0 radical (unpaired) electrons. The lowest BCUT2D eigenvalue weighted by molar-refractivity contribution is 0.199. The van der Waals surface area contributed by atoms with E-state index in [0.717, 1.165) is 18.5 Å². The van der Waals surface area contributed by atoms with E-state index in [1.807, 2.05) is 12.1 Å². The zero-order valence-electron chi connectivity index (χ0n) is 8.90. The second kappa shape index (κ2) is 5.13. The van der Waals surface area contributed by atoms with Crippen molar-refractivity contribution in [1.29, 1.82) is 0 Å². The monoisotopic (exact) mass is 193 g/mol. The van der Waals surface area contributed by atoms with Crippen LogP contribution < -0.4 is 5.73 Å². The molecule has 0 bridgehead atoms. The molecule has 0 aromatic heterocycles. The Labute approximate surface area is 85.8 Å². The second-order valence-corrected chi connectivity index (χ2v) is 3.82. The molecule has 78 valence electrons. The van der Waals surface area contributed by atoms with E-state index >= 15 is 0 Å². The molecule has 2 atom stereocenters. The fourth-order valence-corrected chi connectivity index (χ4v) is 1.52. The van der Waals surface area contributed by atoms with E-state index in [2.05, 4.69) is 19.1 Å². The van der Waals surface area contributed by atoms with Crippen LogP contribution in [0.5, 0.6) is 0 Å². The molecule has 1 rings (SSSR count). The Kier molecular flexibility index (Phi) is 4.11. The van der Waals surface area contributed by atoms with Gasteiger partial charge in [-0.2, -0.15) is 0 Å². The predicted octanol–water partition coefficient (Wildman–Crippen LogP) is 2.19. The maximum absolute atomic E-state index is 9.34. The topological polar surface area (TPSA) is 46.2 Å². The largest absolute Gasteiger partial charge is 0.389 e. The van der Waals surface area contributed by atoms with Crippen molar-refractivity contribution in [1.82, 2.24) is 0 Å². The van der Waals surface area contributed by atoms with E-state index in [1.165, 1.54) is 5.56 Å². The third-order valence-corrected chi connectivity index (χ3v) is 2.59. The minimum atomic E-state index is -0.381. The summed E-state index contributed by atoms with van der Waals surface area (Å²) in [5.41, 5.74) is 7.76. The molecule has 0 fully saturated rings. The molecule has 0 aliphatic heterocycles. The van der Waals surface area contributed by atoms with E-state index in [-0.39, 0.29) is 6.10 Å². The highest BCUT2D eigenvalue weighted by Gasteiger charge is 2.05. The zero-order chi connectivity index (χ0) is 10.6. The lowest BCUT2D eigenvalue weighted by atomic mass is 9.96. The highest BCUT2D eigenvalue weighted by Crippen LogP contribution is 2.20. The molecule has 0 amide bonds. The van der Waals surface area contributed by atoms with Crippen molar-refractivity contribution in [2.45, 2.75) is 32.3 Å². The average Bonchev–Trinajstić information content (AvgIpc) is 2.18. The van der Waals surface area contributed by atoms with Gasteiger partial charge in [-0.3, -0.25) is 0 Å². The maximum Gasteiger partial charge on any atom is 0.0761 e. The molecule has 0 saturated heterocycles. The van der Waals surface area contributed by atoms with Crippen molar-refractivity contribution in [3.8, 4) is 0 Å². The molecule has 0 spiro atoms. The van der Waals surface area contributed by atoms with Gasteiger partial charge in [-0.15, -0.1) is 0 Å². The van der Waals surface area contributed by atoms with Crippen LogP contribution in [0.15, 0.2) is 24.3 Å². The van der Waals surface area contributed by atoms with E-state index in [4.69, 9.17) is 5.73 Å². The summed E-state index contributed by atoms with van der Waals surface area (Å²) >= 11 is 0. The second-order valence-electron chi connectivity index (χ2n) is 3.82. The van der Waals surface area contributed by atoms with Crippen LogP contribution in [0.3, 0.4) is 0 Å². The minimum absolute atomic E-state index is 0.381. The molecular formula is C12H19NO. The Bertz CT molecular complexity index is 266. The number of hydrogen-bond acceptors (Lipinski definition) is 2. The molecule has 1 aromatic rings. The molecule has 0 heterocycles. The van der Waals surface area contributed by atoms with Crippen molar-refractivity contribution in [2.24, 2.45) is 5.73 Å². The third kappa shape index (κ3) is 2.82. The van der Waals surface area contributed by atoms with Crippen molar-refractivity contribution >= 4 is 0 Å². The molecule has 2 unspecified atom stereocenters. The summed E-state index contributed by atoms with van der Waals surface area (Å²) in [6.07, 6.45) is 0.627. The summed E-state index contributed by atoms with van der Waals surface area (Å²) in [7, 11) is 0. The predicted molar refractivity (Wildman–Crippen MR) is 59.2 cm³/mol. The van der Waals surface area contributed by atoms with Crippen molar-refractivity contribution in [2.75, 3.05) is 6.54 Å². The number of nitrogens with two attached hydrogens (primary N) is 1. The third-order valence-electron chi connectivity index (χ3n) is 2.59.